The summed E-state index contributed by atoms with van der Waals surface area (Å²) in [5.74, 6) is 0.942. The summed E-state index contributed by atoms with van der Waals surface area (Å²) in [5, 5.41) is 0. The van der Waals surface area contributed by atoms with Crippen molar-refractivity contribution in [3.63, 3.8) is 0 Å². The van der Waals surface area contributed by atoms with Crippen LogP contribution in [-0.4, -0.2) is 15.0 Å². The molecule has 0 aromatic carbocycles. The van der Waals surface area contributed by atoms with Gasteiger partial charge in [0.15, 0.2) is 0 Å². The monoisotopic (exact) mass is 375 g/mol. The van der Waals surface area contributed by atoms with Gasteiger partial charge in [0.25, 0.3) is 0 Å². The van der Waals surface area contributed by atoms with Crippen LogP contribution >= 0.6 is 0 Å². The molecule has 0 fully saturated rings. The summed E-state index contributed by atoms with van der Waals surface area (Å²) in [6.07, 6.45) is 31.2. The van der Waals surface area contributed by atoms with Crippen molar-refractivity contribution >= 4 is 0 Å². The number of unbranched alkanes of at least 4 members (excludes halogenated alkanes) is 18. The summed E-state index contributed by atoms with van der Waals surface area (Å²) in [5.41, 5.74) is 0. The quantitative estimate of drug-likeness (QED) is 0.218. The van der Waals surface area contributed by atoms with Crippen LogP contribution in [0.2, 0.25) is 0 Å². The fourth-order valence-electron chi connectivity index (χ4n) is 3.75. The summed E-state index contributed by atoms with van der Waals surface area (Å²) in [6.45, 7) is 2.29. The Morgan fingerprint density at radius 1 is 0.481 bits per heavy atom. The van der Waals surface area contributed by atoms with Gasteiger partial charge in [-0.05, 0) is 6.42 Å². The zero-order valence-corrected chi connectivity index (χ0v) is 18.1. The molecule has 0 aliphatic heterocycles. The Labute approximate surface area is 169 Å². The van der Waals surface area contributed by atoms with E-state index in [0.29, 0.717) is 0 Å². The van der Waals surface area contributed by atoms with Gasteiger partial charge < -0.3 is 0 Å². The molecule has 1 aromatic rings. The molecule has 156 valence electrons. The van der Waals surface area contributed by atoms with E-state index in [1.54, 1.807) is 12.7 Å². The minimum atomic E-state index is 0.942. The molecular formula is C24H45N3. The van der Waals surface area contributed by atoms with Gasteiger partial charge in [0.05, 0.1) is 0 Å². The molecule has 1 heterocycles. The van der Waals surface area contributed by atoms with Crippen LogP contribution in [0, 0.1) is 0 Å². The average Bonchev–Trinajstić information content (AvgIpc) is 2.70. The van der Waals surface area contributed by atoms with Crippen LogP contribution in [-0.2, 0) is 6.42 Å². The molecule has 1 aromatic heterocycles. The highest BCUT2D eigenvalue weighted by Crippen LogP contribution is 2.14. The van der Waals surface area contributed by atoms with E-state index in [1.165, 1.54) is 122 Å². The maximum absolute atomic E-state index is 4.17. The predicted molar refractivity (Wildman–Crippen MR) is 117 cm³/mol. The number of aromatic nitrogens is 3. The van der Waals surface area contributed by atoms with E-state index in [9.17, 15) is 0 Å². The minimum absolute atomic E-state index is 0.942. The molecule has 0 aliphatic carbocycles. The SMILES string of the molecule is CCCCCCCCCCCCCCCCCCCCCc1ncncn1. The van der Waals surface area contributed by atoms with Crippen molar-refractivity contribution in [2.24, 2.45) is 0 Å². The van der Waals surface area contributed by atoms with Gasteiger partial charge in [-0.1, -0.05) is 122 Å². The molecule has 0 aliphatic rings. The molecule has 0 saturated carbocycles. The van der Waals surface area contributed by atoms with E-state index >= 15 is 0 Å². The Kier molecular flexibility index (Phi) is 17.6. The van der Waals surface area contributed by atoms with Crippen LogP contribution in [0.3, 0.4) is 0 Å². The van der Waals surface area contributed by atoms with Crippen molar-refractivity contribution in [1.82, 2.24) is 15.0 Å². The highest BCUT2D eigenvalue weighted by Gasteiger charge is 1.97. The molecule has 0 amide bonds. The zero-order valence-electron chi connectivity index (χ0n) is 18.1. The Morgan fingerprint density at radius 3 is 1.19 bits per heavy atom. The minimum Gasteiger partial charge on any atom is -0.225 e. The molecule has 0 unspecified atom stereocenters. The second-order valence-corrected chi connectivity index (χ2v) is 8.17. The maximum atomic E-state index is 4.17. The molecule has 0 N–H and O–H groups in total. The second-order valence-electron chi connectivity index (χ2n) is 8.17. The standard InChI is InChI=1S/C24H45N3/c1-2-3-4-5-6-7-8-9-10-11-12-13-14-15-16-17-18-19-20-21-24-26-22-25-23-27-24/h22-23H,2-21H2,1H3. The van der Waals surface area contributed by atoms with Crippen LogP contribution < -0.4 is 0 Å². The zero-order chi connectivity index (χ0) is 19.3. The van der Waals surface area contributed by atoms with Gasteiger partial charge in [-0.25, -0.2) is 15.0 Å². The lowest BCUT2D eigenvalue weighted by Gasteiger charge is -2.04. The summed E-state index contributed by atoms with van der Waals surface area (Å²) in [7, 11) is 0. The third-order valence-corrected chi connectivity index (χ3v) is 5.55. The van der Waals surface area contributed by atoms with Gasteiger partial charge in [0.1, 0.15) is 18.5 Å². The van der Waals surface area contributed by atoms with Gasteiger partial charge >= 0.3 is 0 Å². The van der Waals surface area contributed by atoms with Crippen LogP contribution in [0.1, 0.15) is 135 Å². The first-order chi connectivity index (χ1) is 13.4. The van der Waals surface area contributed by atoms with Crippen molar-refractivity contribution < 1.29 is 0 Å². The lowest BCUT2D eigenvalue weighted by atomic mass is 10.0. The Balaban J connectivity index is 1.67. The van der Waals surface area contributed by atoms with E-state index in [4.69, 9.17) is 0 Å². The van der Waals surface area contributed by atoms with Crippen molar-refractivity contribution in [3.8, 4) is 0 Å². The van der Waals surface area contributed by atoms with Crippen molar-refractivity contribution in [2.45, 2.75) is 135 Å². The maximum Gasteiger partial charge on any atom is 0.131 e. The molecule has 0 saturated heterocycles. The van der Waals surface area contributed by atoms with Gasteiger partial charge in [-0.15, -0.1) is 0 Å². The largest absolute Gasteiger partial charge is 0.225 e. The molecule has 0 radical (unpaired) electrons. The van der Waals surface area contributed by atoms with Gasteiger partial charge in [0, 0.05) is 6.42 Å². The van der Waals surface area contributed by atoms with E-state index in [-0.39, 0.29) is 0 Å². The lowest BCUT2D eigenvalue weighted by Crippen LogP contribution is -1.94. The predicted octanol–water partition coefficient (Wildman–Crippen LogP) is 7.85. The first kappa shape index (κ1) is 24.0. The first-order valence-electron chi connectivity index (χ1n) is 12.0. The molecule has 27 heavy (non-hydrogen) atoms. The fourth-order valence-corrected chi connectivity index (χ4v) is 3.75. The summed E-state index contributed by atoms with van der Waals surface area (Å²) in [6, 6.07) is 0. The molecule has 3 heteroatoms. The van der Waals surface area contributed by atoms with Crippen LogP contribution in [0.25, 0.3) is 0 Å². The number of aryl methyl sites for hydroxylation is 1. The molecule has 0 atom stereocenters. The third kappa shape index (κ3) is 16.9. The molecule has 0 spiro atoms. The first-order valence-corrected chi connectivity index (χ1v) is 12.0. The van der Waals surface area contributed by atoms with E-state index < -0.39 is 0 Å². The Bertz CT molecular complexity index is 394. The molecule has 3 nitrogen and oxygen atoms in total. The van der Waals surface area contributed by atoms with Gasteiger partial charge in [-0.3, -0.25) is 0 Å². The molecule has 0 bridgehead atoms. The number of nitrogens with zero attached hydrogens (tertiary/aromatic N) is 3. The number of rotatable bonds is 20. The smallest absolute Gasteiger partial charge is 0.131 e. The Morgan fingerprint density at radius 2 is 0.815 bits per heavy atom. The second kappa shape index (κ2) is 19.8. The van der Waals surface area contributed by atoms with Crippen molar-refractivity contribution in [2.75, 3.05) is 0 Å². The normalized spacial score (nSPS) is 11.1. The topological polar surface area (TPSA) is 38.7 Å². The summed E-state index contributed by atoms with van der Waals surface area (Å²) < 4.78 is 0. The van der Waals surface area contributed by atoms with E-state index in [0.717, 1.165) is 12.2 Å². The molecular weight excluding hydrogens is 330 g/mol. The van der Waals surface area contributed by atoms with Gasteiger partial charge in [-0.2, -0.15) is 0 Å². The lowest BCUT2D eigenvalue weighted by molar-refractivity contribution is 0.523. The van der Waals surface area contributed by atoms with Crippen LogP contribution in [0.5, 0.6) is 0 Å². The summed E-state index contributed by atoms with van der Waals surface area (Å²) in [4.78, 5) is 12.2. The Hall–Kier alpha value is -0.990. The highest BCUT2D eigenvalue weighted by molar-refractivity contribution is 4.80. The fraction of sp³-hybridized carbons (Fsp3) is 0.875. The third-order valence-electron chi connectivity index (χ3n) is 5.55. The van der Waals surface area contributed by atoms with Crippen LogP contribution in [0.15, 0.2) is 12.7 Å². The number of hydrogen-bond acceptors (Lipinski definition) is 3. The average molecular weight is 376 g/mol. The highest BCUT2D eigenvalue weighted by atomic mass is 15.0. The van der Waals surface area contributed by atoms with Crippen molar-refractivity contribution in [1.29, 1.82) is 0 Å². The van der Waals surface area contributed by atoms with Crippen molar-refractivity contribution in [3.05, 3.63) is 18.5 Å². The number of hydrogen-bond donors (Lipinski definition) is 0. The van der Waals surface area contributed by atoms with E-state index in [1.807, 2.05) is 0 Å². The van der Waals surface area contributed by atoms with E-state index in [2.05, 4.69) is 21.9 Å². The summed E-state index contributed by atoms with van der Waals surface area (Å²) >= 11 is 0. The molecule has 1 rings (SSSR count). The van der Waals surface area contributed by atoms with Crippen LogP contribution in [0.4, 0.5) is 0 Å². The van der Waals surface area contributed by atoms with Gasteiger partial charge in [0.2, 0.25) is 0 Å².